The molecule has 1 atom stereocenters. The van der Waals surface area contributed by atoms with Crippen LogP contribution in [0.15, 0.2) is 6.20 Å². The van der Waals surface area contributed by atoms with Gasteiger partial charge in [0.05, 0.1) is 6.04 Å². The van der Waals surface area contributed by atoms with Crippen LogP contribution in [0.25, 0.3) is 0 Å². The highest BCUT2D eigenvalue weighted by atomic mass is 15.0. The lowest BCUT2D eigenvalue weighted by atomic mass is 10.1. The number of nitrogens with one attached hydrogen (secondary N) is 1. The predicted octanol–water partition coefficient (Wildman–Crippen LogP) is 2.26. The van der Waals surface area contributed by atoms with Crippen LogP contribution >= 0.6 is 0 Å². The first kappa shape index (κ1) is 11.2. The molecule has 3 heteroatoms. The van der Waals surface area contributed by atoms with Gasteiger partial charge in [0.1, 0.15) is 5.82 Å². The van der Waals surface area contributed by atoms with Gasteiger partial charge in [-0.2, -0.15) is 0 Å². The number of imidazole rings is 1. The first-order valence-electron chi connectivity index (χ1n) is 5.30. The van der Waals surface area contributed by atoms with Crippen LogP contribution in [-0.2, 0) is 6.42 Å². The fourth-order valence-corrected chi connectivity index (χ4v) is 1.41. The van der Waals surface area contributed by atoms with Crippen LogP contribution in [0.3, 0.4) is 0 Å². The Morgan fingerprint density at radius 1 is 1.36 bits per heavy atom. The highest BCUT2D eigenvalue weighted by Crippen LogP contribution is 2.16. The average Bonchev–Trinajstić information content (AvgIpc) is 2.50. The molecule has 1 rings (SSSR count). The maximum absolute atomic E-state index is 5.99. The van der Waals surface area contributed by atoms with Gasteiger partial charge in [-0.3, -0.25) is 0 Å². The molecule has 1 aromatic heterocycles. The van der Waals surface area contributed by atoms with Crippen molar-refractivity contribution >= 4 is 0 Å². The van der Waals surface area contributed by atoms with Gasteiger partial charge in [-0.1, -0.05) is 27.7 Å². The van der Waals surface area contributed by atoms with Gasteiger partial charge in [0, 0.05) is 11.9 Å². The summed E-state index contributed by atoms with van der Waals surface area (Å²) in [7, 11) is 0. The molecule has 0 aliphatic heterocycles. The first-order chi connectivity index (χ1) is 6.50. The van der Waals surface area contributed by atoms with Crippen molar-refractivity contribution in [2.24, 2.45) is 17.6 Å². The summed E-state index contributed by atoms with van der Waals surface area (Å²) in [6, 6.07) is 0.0240. The van der Waals surface area contributed by atoms with Crippen LogP contribution in [0, 0.1) is 11.8 Å². The molecule has 14 heavy (non-hydrogen) atoms. The molecule has 0 radical (unpaired) electrons. The Bertz CT molecular complexity index is 276. The predicted molar refractivity (Wildman–Crippen MR) is 58.9 cm³/mol. The molecule has 1 aromatic rings. The van der Waals surface area contributed by atoms with Crippen molar-refractivity contribution in [2.45, 2.75) is 40.2 Å². The summed E-state index contributed by atoms with van der Waals surface area (Å²) >= 11 is 0. The number of nitrogens with two attached hydrogens (primary N) is 1. The monoisotopic (exact) mass is 195 g/mol. The fraction of sp³-hybridized carbons (Fsp3) is 0.727. The third kappa shape index (κ3) is 2.84. The van der Waals surface area contributed by atoms with Crippen molar-refractivity contribution in [2.75, 3.05) is 0 Å². The summed E-state index contributed by atoms with van der Waals surface area (Å²) in [5.74, 6) is 1.99. The summed E-state index contributed by atoms with van der Waals surface area (Å²) in [6.45, 7) is 8.61. The van der Waals surface area contributed by atoms with Crippen molar-refractivity contribution in [3.63, 3.8) is 0 Å². The number of rotatable bonds is 4. The molecule has 0 aliphatic carbocycles. The SMILES string of the molecule is CC(C)Cc1cnc([C@@H](N)C(C)C)[nH]1. The van der Waals surface area contributed by atoms with Crippen molar-refractivity contribution in [3.8, 4) is 0 Å². The Hall–Kier alpha value is -0.830. The summed E-state index contributed by atoms with van der Waals surface area (Å²) in [5.41, 5.74) is 7.17. The van der Waals surface area contributed by atoms with Gasteiger partial charge >= 0.3 is 0 Å². The van der Waals surface area contributed by atoms with Crippen LogP contribution in [0.2, 0.25) is 0 Å². The molecule has 0 saturated carbocycles. The van der Waals surface area contributed by atoms with Gasteiger partial charge in [0.2, 0.25) is 0 Å². The molecule has 0 aliphatic rings. The van der Waals surface area contributed by atoms with Gasteiger partial charge in [0.15, 0.2) is 0 Å². The summed E-state index contributed by atoms with van der Waals surface area (Å²) in [4.78, 5) is 7.60. The van der Waals surface area contributed by atoms with E-state index in [0.717, 1.165) is 12.2 Å². The van der Waals surface area contributed by atoms with Crippen molar-refractivity contribution in [1.29, 1.82) is 0 Å². The quantitative estimate of drug-likeness (QED) is 0.774. The summed E-state index contributed by atoms with van der Waals surface area (Å²) < 4.78 is 0. The molecule has 80 valence electrons. The van der Waals surface area contributed by atoms with E-state index in [-0.39, 0.29) is 6.04 Å². The number of hydrogen-bond acceptors (Lipinski definition) is 2. The molecule has 0 bridgehead atoms. The lowest BCUT2D eigenvalue weighted by Gasteiger charge is -2.12. The third-order valence-corrected chi connectivity index (χ3v) is 2.31. The Labute approximate surface area is 86.1 Å². The molecule has 3 nitrogen and oxygen atoms in total. The number of aromatic amines is 1. The minimum atomic E-state index is 0.0240. The number of aromatic nitrogens is 2. The Morgan fingerprint density at radius 3 is 2.50 bits per heavy atom. The molecule has 0 fully saturated rings. The fourth-order valence-electron chi connectivity index (χ4n) is 1.41. The minimum Gasteiger partial charge on any atom is -0.345 e. The van der Waals surface area contributed by atoms with E-state index >= 15 is 0 Å². The molecular weight excluding hydrogens is 174 g/mol. The first-order valence-corrected chi connectivity index (χ1v) is 5.30. The topological polar surface area (TPSA) is 54.7 Å². The van der Waals surface area contributed by atoms with Crippen LogP contribution in [-0.4, -0.2) is 9.97 Å². The van der Waals surface area contributed by atoms with Gasteiger partial charge in [-0.15, -0.1) is 0 Å². The normalized spacial score (nSPS) is 13.9. The van der Waals surface area contributed by atoms with Gasteiger partial charge in [-0.25, -0.2) is 4.98 Å². The van der Waals surface area contributed by atoms with Crippen molar-refractivity contribution in [1.82, 2.24) is 9.97 Å². The molecular formula is C11H21N3. The molecule has 0 saturated heterocycles. The second kappa shape index (κ2) is 4.60. The molecule has 0 spiro atoms. The van der Waals surface area contributed by atoms with Crippen LogP contribution in [0.1, 0.15) is 45.3 Å². The maximum atomic E-state index is 5.99. The van der Waals surface area contributed by atoms with E-state index in [1.807, 2.05) is 6.20 Å². The van der Waals surface area contributed by atoms with Crippen LogP contribution in [0.4, 0.5) is 0 Å². The lowest BCUT2D eigenvalue weighted by Crippen LogP contribution is -2.18. The van der Waals surface area contributed by atoms with E-state index in [1.165, 1.54) is 5.69 Å². The highest BCUT2D eigenvalue weighted by molar-refractivity contribution is 5.05. The maximum Gasteiger partial charge on any atom is 0.123 e. The number of hydrogen-bond donors (Lipinski definition) is 2. The number of nitrogens with zero attached hydrogens (tertiary/aromatic N) is 1. The van der Waals surface area contributed by atoms with Crippen molar-refractivity contribution in [3.05, 3.63) is 17.7 Å². The minimum absolute atomic E-state index is 0.0240. The smallest absolute Gasteiger partial charge is 0.123 e. The second-order valence-corrected chi connectivity index (χ2v) is 4.66. The summed E-state index contributed by atoms with van der Waals surface area (Å²) in [5, 5.41) is 0. The summed E-state index contributed by atoms with van der Waals surface area (Å²) in [6.07, 6.45) is 2.94. The molecule has 1 heterocycles. The van der Waals surface area contributed by atoms with E-state index in [0.29, 0.717) is 11.8 Å². The Balaban J connectivity index is 2.67. The van der Waals surface area contributed by atoms with E-state index in [1.54, 1.807) is 0 Å². The zero-order valence-electron chi connectivity index (χ0n) is 9.54. The van der Waals surface area contributed by atoms with Gasteiger partial charge in [-0.05, 0) is 18.3 Å². The standard InChI is InChI=1S/C11H21N3/c1-7(2)5-9-6-13-11(14-9)10(12)8(3)4/h6-8,10H,5,12H2,1-4H3,(H,13,14)/t10-/m0/s1. The lowest BCUT2D eigenvalue weighted by molar-refractivity contribution is 0.492. The zero-order chi connectivity index (χ0) is 10.7. The Morgan fingerprint density at radius 2 is 2.00 bits per heavy atom. The second-order valence-electron chi connectivity index (χ2n) is 4.66. The molecule has 0 amide bonds. The highest BCUT2D eigenvalue weighted by Gasteiger charge is 2.13. The van der Waals surface area contributed by atoms with Crippen LogP contribution < -0.4 is 5.73 Å². The van der Waals surface area contributed by atoms with Crippen molar-refractivity contribution < 1.29 is 0 Å². The zero-order valence-corrected chi connectivity index (χ0v) is 9.54. The van der Waals surface area contributed by atoms with Gasteiger partial charge in [0.25, 0.3) is 0 Å². The number of H-pyrrole nitrogens is 1. The molecule has 0 unspecified atom stereocenters. The van der Waals surface area contributed by atoms with E-state index in [4.69, 9.17) is 5.73 Å². The molecule has 3 N–H and O–H groups in total. The van der Waals surface area contributed by atoms with Gasteiger partial charge < -0.3 is 10.7 Å². The van der Waals surface area contributed by atoms with Crippen LogP contribution in [0.5, 0.6) is 0 Å². The third-order valence-electron chi connectivity index (χ3n) is 2.31. The largest absolute Gasteiger partial charge is 0.345 e. The Kier molecular flexibility index (Phi) is 3.69. The molecule has 0 aromatic carbocycles. The van der Waals surface area contributed by atoms with E-state index in [9.17, 15) is 0 Å². The van der Waals surface area contributed by atoms with E-state index < -0.39 is 0 Å². The average molecular weight is 195 g/mol. The van der Waals surface area contributed by atoms with E-state index in [2.05, 4.69) is 37.7 Å².